The van der Waals surface area contributed by atoms with Gasteiger partial charge in [-0.2, -0.15) is 0 Å². The molecule has 3 heteroatoms. The van der Waals surface area contributed by atoms with Crippen molar-refractivity contribution >= 4 is 46.9 Å². The van der Waals surface area contributed by atoms with Gasteiger partial charge in [-0.1, -0.05) is 239 Å². The predicted octanol–water partition coefficient (Wildman–Crippen LogP) is 19.9. The fourth-order valence-electron chi connectivity index (χ4n) is 13.0. The van der Waals surface area contributed by atoms with Crippen LogP contribution in [0.25, 0.3) is 11.1 Å². The molecule has 11 rings (SSSR count). The smallest absolute Gasteiger partial charge is 0.172 e. The van der Waals surface area contributed by atoms with E-state index in [9.17, 15) is 0 Å². The molecule has 0 amide bonds. The van der Waals surface area contributed by atoms with Crippen LogP contribution in [-0.4, -0.2) is 7.28 Å². The Labute approximate surface area is 470 Å². The normalized spacial score (nSPS) is 16.8. The van der Waals surface area contributed by atoms with Crippen LogP contribution in [0.5, 0.6) is 0 Å². The van der Waals surface area contributed by atoms with Crippen molar-refractivity contribution in [3.05, 3.63) is 231 Å². The van der Waals surface area contributed by atoms with Gasteiger partial charge in [-0.3, -0.25) is 0 Å². The molecule has 1 atom stereocenters. The van der Waals surface area contributed by atoms with Crippen molar-refractivity contribution in [1.82, 2.24) is 0 Å². The number of anilines is 6. The van der Waals surface area contributed by atoms with Crippen LogP contribution in [0, 0.1) is 0 Å². The third kappa shape index (κ3) is 9.16. The van der Waals surface area contributed by atoms with Crippen LogP contribution in [-0.2, 0) is 37.9 Å². The minimum Gasteiger partial charge on any atom is -0.311 e. The average Bonchev–Trinajstić information content (AvgIpc) is 3.87. The quantitative estimate of drug-likeness (QED) is 0.147. The maximum atomic E-state index is 2.73. The van der Waals surface area contributed by atoms with Crippen LogP contribution >= 0.6 is 0 Å². The Bertz CT molecular complexity index is 3570. The highest BCUT2D eigenvalue weighted by Gasteiger charge is 2.44. The molecule has 2 nitrogen and oxygen atoms in total. The fraction of sp³-hybridized carbons (Fsp3) is 0.360. The second kappa shape index (κ2) is 18.5. The van der Waals surface area contributed by atoms with E-state index in [0.717, 1.165) is 18.5 Å². The SMILES string of the molecule is CC(C)(C)c1ccc(-c2cc(C(C)(C)C)ccc2N2c3cc4c(cc3C3[B]c5c(cc(C(C)(C)C)cc52)N(c2ccc(C(C)(C)c5ccccc5)cc2)c2ccc(C(C)(C)c5ccccc5)cc23)C(C)(C)CCC4(C)C)cc1. The Morgan fingerprint density at radius 3 is 1.37 bits per heavy atom. The van der Waals surface area contributed by atoms with E-state index in [0.29, 0.717) is 0 Å². The maximum absolute atomic E-state index is 2.73. The van der Waals surface area contributed by atoms with Crippen molar-refractivity contribution in [2.24, 2.45) is 0 Å². The Balaban J connectivity index is 1.28. The lowest BCUT2D eigenvalue weighted by atomic mass is 9.53. The zero-order valence-corrected chi connectivity index (χ0v) is 50.1. The van der Waals surface area contributed by atoms with Crippen LogP contribution in [0.4, 0.5) is 34.1 Å². The zero-order chi connectivity index (χ0) is 55.7. The first-order valence-corrected chi connectivity index (χ1v) is 29.0. The van der Waals surface area contributed by atoms with E-state index in [1.54, 1.807) is 0 Å². The van der Waals surface area contributed by atoms with E-state index >= 15 is 0 Å². The van der Waals surface area contributed by atoms with E-state index in [2.05, 4.69) is 305 Å². The largest absolute Gasteiger partial charge is 0.311 e. The molecular formula is C75H84BN2. The summed E-state index contributed by atoms with van der Waals surface area (Å²) in [5, 5.41) is 0. The first-order chi connectivity index (χ1) is 36.6. The van der Waals surface area contributed by atoms with Gasteiger partial charge >= 0.3 is 0 Å². The van der Waals surface area contributed by atoms with Crippen LogP contribution < -0.4 is 15.3 Å². The Hall–Kier alpha value is -6.58. The molecule has 0 saturated carbocycles. The summed E-state index contributed by atoms with van der Waals surface area (Å²) >= 11 is 0. The zero-order valence-electron chi connectivity index (χ0n) is 50.1. The molecule has 0 N–H and O–H groups in total. The minimum atomic E-state index is -0.261. The average molecular weight is 1020 g/mol. The second-order valence-electron chi connectivity index (χ2n) is 28.8. The molecule has 2 bridgehead atoms. The first kappa shape index (κ1) is 53.4. The van der Waals surface area contributed by atoms with Crippen molar-refractivity contribution in [1.29, 1.82) is 0 Å². The third-order valence-electron chi connectivity index (χ3n) is 18.7. The molecule has 8 aromatic carbocycles. The molecule has 2 heterocycles. The van der Waals surface area contributed by atoms with Gasteiger partial charge in [0.2, 0.25) is 0 Å². The van der Waals surface area contributed by atoms with Gasteiger partial charge < -0.3 is 9.80 Å². The highest BCUT2D eigenvalue weighted by Crippen LogP contribution is 2.57. The van der Waals surface area contributed by atoms with Gasteiger partial charge in [-0.05, 0) is 166 Å². The fourth-order valence-corrected chi connectivity index (χ4v) is 13.0. The lowest BCUT2D eigenvalue weighted by Gasteiger charge is -2.44. The Morgan fingerprint density at radius 2 is 0.821 bits per heavy atom. The molecule has 2 aliphatic heterocycles. The maximum Gasteiger partial charge on any atom is 0.172 e. The van der Waals surface area contributed by atoms with Gasteiger partial charge in [-0.25, -0.2) is 0 Å². The lowest BCUT2D eigenvalue weighted by Crippen LogP contribution is -2.34. The number of fused-ring (bicyclic) bond motifs is 6. The van der Waals surface area contributed by atoms with Crippen LogP contribution in [0.3, 0.4) is 0 Å². The summed E-state index contributed by atoms with van der Waals surface area (Å²) in [6.07, 6.45) is 2.28. The minimum absolute atomic E-state index is 0.00519. The van der Waals surface area contributed by atoms with Gasteiger partial charge in [0.05, 0.1) is 5.69 Å². The van der Waals surface area contributed by atoms with Crippen molar-refractivity contribution in [3.63, 3.8) is 0 Å². The van der Waals surface area contributed by atoms with E-state index in [4.69, 9.17) is 0 Å². The summed E-state index contributed by atoms with van der Waals surface area (Å²) in [4.78, 5) is 5.35. The number of rotatable bonds is 7. The Morgan fingerprint density at radius 1 is 0.372 bits per heavy atom. The van der Waals surface area contributed by atoms with E-state index in [-0.39, 0.29) is 43.7 Å². The van der Waals surface area contributed by atoms with E-state index in [1.165, 1.54) is 106 Å². The van der Waals surface area contributed by atoms with Crippen molar-refractivity contribution < 1.29 is 0 Å². The van der Waals surface area contributed by atoms with Crippen molar-refractivity contribution in [2.75, 3.05) is 9.80 Å². The topological polar surface area (TPSA) is 6.48 Å². The molecule has 3 aliphatic rings. The molecule has 1 radical (unpaired) electrons. The highest BCUT2D eigenvalue weighted by molar-refractivity contribution is 6.61. The van der Waals surface area contributed by atoms with E-state index in [1.807, 2.05) is 0 Å². The molecule has 397 valence electrons. The van der Waals surface area contributed by atoms with Gasteiger partial charge in [-0.15, -0.1) is 0 Å². The second-order valence-corrected chi connectivity index (χ2v) is 28.8. The molecule has 8 aromatic rings. The lowest BCUT2D eigenvalue weighted by molar-refractivity contribution is 0.331. The van der Waals surface area contributed by atoms with Gasteiger partial charge in [0.1, 0.15) is 0 Å². The number of benzene rings is 8. The van der Waals surface area contributed by atoms with Gasteiger partial charge in [0, 0.05) is 44.8 Å². The van der Waals surface area contributed by atoms with E-state index < -0.39 is 0 Å². The molecular weight excluding hydrogens is 940 g/mol. The highest BCUT2D eigenvalue weighted by atomic mass is 15.2. The summed E-state index contributed by atoms with van der Waals surface area (Å²) in [6, 6.07) is 66.4. The summed E-state index contributed by atoms with van der Waals surface area (Å²) in [6.45, 7) is 40.6. The standard InChI is InChI=1S/C75H84BN2/c1-69(2,3)49-30-28-48(29-31-49)57-42-53(70(4,5)6)34-38-62(57)78-64-47-61-60(72(10,11)40-41-73(61,12)13)46-59(64)67-58-43-54(75(16,17)51-26-22-19-23-27-51)35-39-63(58)77(65-44-55(71(7,8)9)45-66(78)68(65)76-67)56-36-32-52(33-37-56)74(14,15)50-24-20-18-21-25-50/h18-39,42-47,67H,40-41H2,1-17H3. The van der Waals surface area contributed by atoms with Crippen LogP contribution in [0.1, 0.15) is 198 Å². The summed E-state index contributed by atoms with van der Waals surface area (Å²) < 4.78 is 0. The monoisotopic (exact) mass is 1020 g/mol. The molecule has 1 unspecified atom stereocenters. The van der Waals surface area contributed by atoms with Crippen LogP contribution in [0.2, 0.25) is 0 Å². The van der Waals surface area contributed by atoms with Crippen molar-refractivity contribution in [2.45, 2.75) is 174 Å². The van der Waals surface area contributed by atoms with Crippen LogP contribution in [0.15, 0.2) is 170 Å². The Kier molecular flexibility index (Phi) is 12.7. The predicted molar refractivity (Wildman–Crippen MR) is 337 cm³/mol. The number of hydrogen-bond acceptors (Lipinski definition) is 2. The molecule has 0 aromatic heterocycles. The van der Waals surface area contributed by atoms with Crippen molar-refractivity contribution in [3.8, 4) is 11.1 Å². The summed E-state index contributed by atoms with van der Waals surface area (Å²) in [5.74, 6) is -0.0831. The third-order valence-corrected chi connectivity index (χ3v) is 18.7. The number of nitrogens with zero attached hydrogens (tertiary/aromatic N) is 2. The molecule has 78 heavy (non-hydrogen) atoms. The van der Waals surface area contributed by atoms with Gasteiger partial charge in [0.25, 0.3) is 0 Å². The molecule has 1 aliphatic carbocycles. The number of hydrogen-bond donors (Lipinski definition) is 0. The summed E-state index contributed by atoms with van der Waals surface area (Å²) in [7, 11) is 2.68. The molecule has 0 saturated heterocycles. The summed E-state index contributed by atoms with van der Waals surface area (Å²) in [5.41, 5.74) is 25.1. The first-order valence-electron chi connectivity index (χ1n) is 29.0. The molecule has 0 spiro atoms. The van der Waals surface area contributed by atoms with Gasteiger partial charge in [0.15, 0.2) is 7.28 Å². The molecule has 0 fully saturated rings.